The Bertz CT molecular complexity index is 414. The number of aliphatic hydroxyl groups is 1. The summed E-state index contributed by atoms with van der Waals surface area (Å²) in [6, 6.07) is 1.77. The third kappa shape index (κ3) is 3.07. The molecule has 0 aromatic carbocycles. The number of nitrogen functional groups attached to an aromatic ring is 1. The molecule has 0 spiro atoms. The smallest absolute Gasteiger partial charge is 0.0939 e. The van der Waals surface area contributed by atoms with Crippen LogP contribution in [0.25, 0.3) is 0 Å². The van der Waals surface area contributed by atoms with Crippen molar-refractivity contribution in [1.82, 2.24) is 4.98 Å². The summed E-state index contributed by atoms with van der Waals surface area (Å²) in [4.78, 5) is 4.07. The average Bonchev–Trinajstić information content (AvgIpc) is 2.42. The molecule has 1 heterocycles. The quantitative estimate of drug-likeness (QED) is 0.874. The molecule has 1 aromatic heterocycles. The molecule has 0 aliphatic heterocycles. The third-order valence-electron chi connectivity index (χ3n) is 4.49. The van der Waals surface area contributed by atoms with E-state index in [4.69, 9.17) is 10.5 Å². The van der Waals surface area contributed by atoms with Crippen LogP contribution in [-0.4, -0.2) is 28.9 Å². The molecule has 0 radical (unpaired) electrons. The first-order valence-electron chi connectivity index (χ1n) is 6.99. The SMILES string of the molecule is COC1(C(O)Cc2cnccc2N)CCC(C)CC1. The van der Waals surface area contributed by atoms with Crippen molar-refractivity contribution in [2.24, 2.45) is 5.92 Å². The van der Waals surface area contributed by atoms with Crippen LogP contribution in [0.4, 0.5) is 5.69 Å². The standard InChI is InChI=1S/C15H24N2O2/c1-11-3-6-15(19-2,7-4-11)14(18)9-12-10-17-8-5-13(12)16/h5,8,10-11,14,18H,3-4,6-7,9H2,1-2H3,(H2,16,17). The first-order chi connectivity index (χ1) is 9.07. The number of nitrogens with two attached hydrogens (primary N) is 1. The summed E-state index contributed by atoms with van der Waals surface area (Å²) >= 11 is 0. The summed E-state index contributed by atoms with van der Waals surface area (Å²) in [5.74, 6) is 0.721. The molecule has 3 N–H and O–H groups in total. The maximum absolute atomic E-state index is 10.6. The molecule has 1 atom stereocenters. The number of hydrogen-bond acceptors (Lipinski definition) is 4. The Morgan fingerprint density at radius 1 is 1.53 bits per heavy atom. The van der Waals surface area contributed by atoms with Crippen molar-refractivity contribution in [3.63, 3.8) is 0 Å². The van der Waals surface area contributed by atoms with Crippen molar-refractivity contribution >= 4 is 5.69 Å². The molecule has 1 aliphatic rings. The average molecular weight is 264 g/mol. The van der Waals surface area contributed by atoms with Gasteiger partial charge in [0.05, 0.1) is 11.7 Å². The van der Waals surface area contributed by atoms with Gasteiger partial charge in [0, 0.05) is 31.6 Å². The van der Waals surface area contributed by atoms with E-state index in [0.29, 0.717) is 12.1 Å². The molecule has 1 aliphatic carbocycles. The van der Waals surface area contributed by atoms with Crippen LogP contribution in [0.5, 0.6) is 0 Å². The Morgan fingerprint density at radius 3 is 2.79 bits per heavy atom. The van der Waals surface area contributed by atoms with Crippen molar-refractivity contribution < 1.29 is 9.84 Å². The van der Waals surface area contributed by atoms with E-state index in [1.807, 2.05) is 0 Å². The van der Waals surface area contributed by atoms with Crippen molar-refractivity contribution in [2.45, 2.75) is 50.7 Å². The molecule has 1 unspecified atom stereocenters. The molecule has 0 bridgehead atoms. The molecule has 0 saturated heterocycles. The summed E-state index contributed by atoms with van der Waals surface area (Å²) in [7, 11) is 1.70. The van der Waals surface area contributed by atoms with Gasteiger partial charge in [0.25, 0.3) is 0 Å². The summed E-state index contributed by atoms with van der Waals surface area (Å²) in [5, 5.41) is 10.6. The lowest BCUT2D eigenvalue weighted by molar-refractivity contribution is -0.127. The lowest BCUT2D eigenvalue weighted by Crippen LogP contribution is -2.48. The van der Waals surface area contributed by atoms with Gasteiger partial charge in [-0.25, -0.2) is 0 Å². The molecular formula is C15H24N2O2. The Morgan fingerprint density at radius 2 is 2.21 bits per heavy atom. The van der Waals surface area contributed by atoms with Crippen LogP contribution in [0, 0.1) is 5.92 Å². The number of hydrogen-bond donors (Lipinski definition) is 2. The highest BCUT2D eigenvalue weighted by Crippen LogP contribution is 2.38. The van der Waals surface area contributed by atoms with Crippen LogP contribution in [0.3, 0.4) is 0 Å². The Balaban J connectivity index is 2.09. The molecule has 1 aromatic rings. The highest BCUT2D eigenvalue weighted by Gasteiger charge is 2.40. The summed E-state index contributed by atoms with van der Waals surface area (Å²) in [6.45, 7) is 2.26. The van der Waals surface area contributed by atoms with Gasteiger partial charge < -0.3 is 15.6 Å². The number of nitrogens with zero attached hydrogens (tertiary/aromatic N) is 1. The van der Waals surface area contributed by atoms with Gasteiger partial charge in [-0.1, -0.05) is 6.92 Å². The highest BCUT2D eigenvalue weighted by molar-refractivity contribution is 5.44. The monoisotopic (exact) mass is 264 g/mol. The zero-order valence-corrected chi connectivity index (χ0v) is 11.8. The normalized spacial score (nSPS) is 29.1. The summed E-state index contributed by atoms with van der Waals surface area (Å²) in [6.07, 6.45) is 7.39. The van der Waals surface area contributed by atoms with E-state index < -0.39 is 11.7 Å². The molecule has 2 rings (SSSR count). The zero-order chi connectivity index (χ0) is 13.9. The molecule has 19 heavy (non-hydrogen) atoms. The maximum Gasteiger partial charge on any atom is 0.0939 e. The summed E-state index contributed by atoms with van der Waals surface area (Å²) in [5.41, 5.74) is 7.07. The molecular weight excluding hydrogens is 240 g/mol. The number of pyridine rings is 1. The van der Waals surface area contributed by atoms with E-state index in [1.54, 1.807) is 25.6 Å². The van der Waals surface area contributed by atoms with Gasteiger partial charge in [-0.05, 0) is 43.2 Å². The van der Waals surface area contributed by atoms with E-state index in [-0.39, 0.29) is 0 Å². The molecule has 4 heteroatoms. The Hall–Kier alpha value is -1.13. The molecule has 0 amide bonds. The number of methoxy groups -OCH3 is 1. The first kappa shape index (κ1) is 14.3. The second-order valence-corrected chi connectivity index (χ2v) is 5.75. The second kappa shape index (κ2) is 5.88. The minimum atomic E-state index is -0.531. The van der Waals surface area contributed by atoms with Crippen LogP contribution in [0.2, 0.25) is 0 Å². The van der Waals surface area contributed by atoms with Crippen molar-refractivity contribution in [3.8, 4) is 0 Å². The van der Waals surface area contributed by atoms with Gasteiger partial charge in [0.2, 0.25) is 0 Å². The van der Waals surface area contributed by atoms with Crippen molar-refractivity contribution in [1.29, 1.82) is 0 Å². The highest BCUT2D eigenvalue weighted by atomic mass is 16.5. The fraction of sp³-hybridized carbons (Fsp3) is 0.667. The number of anilines is 1. The largest absolute Gasteiger partial charge is 0.398 e. The minimum absolute atomic E-state index is 0.422. The second-order valence-electron chi connectivity index (χ2n) is 5.75. The van der Waals surface area contributed by atoms with Gasteiger partial charge in [0.15, 0.2) is 0 Å². The van der Waals surface area contributed by atoms with Crippen LogP contribution in [0.15, 0.2) is 18.5 Å². The molecule has 106 valence electrons. The minimum Gasteiger partial charge on any atom is -0.398 e. The van der Waals surface area contributed by atoms with E-state index >= 15 is 0 Å². The topological polar surface area (TPSA) is 68.4 Å². The molecule has 1 saturated carbocycles. The van der Waals surface area contributed by atoms with Crippen LogP contribution >= 0.6 is 0 Å². The maximum atomic E-state index is 10.6. The van der Waals surface area contributed by atoms with Gasteiger partial charge in [-0.3, -0.25) is 4.98 Å². The molecule has 4 nitrogen and oxygen atoms in total. The lowest BCUT2D eigenvalue weighted by Gasteiger charge is -2.41. The molecule has 1 fully saturated rings. The van der Waals surface area contributed by atoms with Crippen LogP contribution in [0.1, 0.15) is 38.2 Å². The van der Waals surface area contributed by atoms with Gasteiger partial charge in [-0.2, -0.15) is 0 Å². The zero-order valence-electron chi connectivity index (χ0n) is 11.8. The van der Waals surface area contributed by atoms with Crippen LogP contribution in [-0.2, 0) is 11.2 Å². The number of aromatic nitrogens is 1. The van der Waals surface area contributed by atoms with Gasteiger partial charge in [0.1, 0.15) is 0 Å². The summed E-state index contributed by atoms with van der Waals surface area (Å²) < 4.78 is 5.69. The van der Waals surface area contributed by atoms with Crippen molar-refractivity contribution in [2.75, 3.05) is 12.8 Å². The number of aliphatic hydroxyl groups excluding tert-OH is 1. The van der Waals surface area contributed by atoms with E-state index in [2.05, 4.69) is 11.9 Å². The van der Waals surface area contributed by atoms with Gasteiger partial charge >= 0.3 is 0 Å². The number of ether oxygens (including phenoxy) is 1. The van der Waals surface area contributed by atoms with E-state index in [0.717, 1.165) is 37.2 Å². The number of rotatable bonds is 4. The first-order valence-corrected chi connectivity index (χ1v) is 6.99. The fourth-order valence-corrected chi connectivity index (χ4v) is 2.93. The Labute approximate surface area is 115 Å². The van der Waals surface area contributed by atoms with Gasteiger partial charge in [-0.15, -0.1) is 0 Å². The predicted octanol–water partition coefficient (Wildman–Crippen LogP) is 2.16. The van der Waals surface area contributed by atoms with Crippen LogP contribution < -0.4 is 5.73 Å². The van der Waals surface area contributed by atoms with E-state index in [9.17, 15) is 5.11 Å². The van der Waals surface area contributed by atoms with Crippen molar-refractivity contribution in [3.05, 3.63) is 24.0 Å². The van der Waals surface area contributed by atoms with E-state index in [1.165, 1.54) is 0 Å². The fourth-order valence-electron chi connectivity index (χ4n) is 2.93. The Kier molecular flexibility index (Phi) is 4.42. The predicted molar refractivity (Wildman–Crippen MR) is 75.7 cm³/mol. The lowest BCUT2D eigenvalue weighted by atomic mass is 9.75. The third-order valence-corrected chi connectivity index (χ3v) is 4.49.